The Morgan fingerprint density at radius 1 is 1.33 bits per heavy atom. The van der Waals surface area contributed by atoms with Crippen LogP contribution in [0.15, 0.2) is 36.0 Å². The van der Waals surface area contributed by atoms with Gasteiger partial charge >= 0.3 is 0 Å². The van der Waals surface area contributed by atoms with Crippen LogP contribution in [0, 0.1) is 0 Å². The van der Waals surface area contributed by atoms with Crippen LogP contribution in [0.4, 0.5) is 0 Å². The lowest BCUT2D eigenvalue weighted by Crippen LogP contribution is -2.49. The summed E-state index contributed by atoms with van der Waals surface area (Å²) in [4.78, 5) is 24.1. The summed E-state index contributed by atoms with van der Waals surface area (Å²) in [7, 11) is 0. The SMILES string of the molecule is C=C(CN(CC)C(=O)C(O)C(O)C(N)=O)/C(C)=C\C=C/C. The van der Waals surface area contributed by atoms with E-state index < -0.39 is 24.0 Å². The predicted octanol–water partition coefficient (Wildman–Crippen LogP) is 0.121. The molecular formula is C15H24N2O4. The van der Waals surface area contributed by atoms with Crippen molar-refractivity contribution in [2.75, 3.05) is 13.1 Å². The Labute approximate surface area is 125 Å². The van der Waals surface area contributed by atoms with E-state index in [9.17, 15) is 19.8 Å². The van der Waals surface area contributed by atoms with Crippen molar-refractivity contribution < 1.29 is 19.8 Å². The molecule has 0 rings (SSSR count). The second-order valence-electron chi connectivity index (χ2n) is 4.62. The molecule has 0 fully saturated rings. The molecule has 0 heterocycles. The third kappa shape index (κ3) is 5.93. The topological polar surface area (TPSA) is 104 Å². The van der Waals surface area contributed by atoms with E-state index >= 15 is 0 Å². The number of aliphatic hydroxyl groups is 2. The van der Waals surface area contributed by atoms with E-state index in [4.69, 9.17) is 5.73 Å². The highest BCUT2D eigenvalue weighted by molar-refractivity contribution is 5.90. The quantitative estimate of drug-likeness (QED) is 0.553. The Morgan fingerprint density at radius 3 is 2.33 bits per heavy atom. The Kier molecular flexibility index (Phi) is 8.26. The summed E-state index contributed by atoms with van der Waals surface area (Å²) in [6, 6.07) is 0. The number of nitrogens with two attached hydrogens (primary N) is 1. The zero-order valence-electron chi connectivity index (χ0n) is 12.7. The van der Waals surface area contributed by atoms with Gasteiger partial charge in [0.05, 0.1) is 0 Å². The van der Waals surface area contributed by atoms with Gasteiger partial charge in [-0.25, -0.2) is 0 Å². The summed E-state index contributed by atoms with van der Waals surface area (Å²) >= 11 is 0. The zero-order chi connectivity index (χ0) is 16.6. The molecule has 0 saturated carbocycles. The fourth-order valence-corrected chi connectivity index (χ4v) is 1.54. The van der Waals surface area contributed by atoms with Crippen LogP contribution in [-0.2, 0) is 9.59 Å². The summed E-state index contributed by atoms with van der Waals surface area (Å²) in [6.07, 6.45) is 1.79. The molecule has 21 heavy (non-hydrogen) atoms. The lowest BCUT2D eigenvalue weighted by molar-refractivity contribution is -0.151. The average molecular weight is 296 g/mol. The maximum Gasteiger partial charge on any atom is 0.254 e. The normalized spacial score (nSPS) is 14.8. The minimum absolute atomic E-state index is 0.192. The fourth-order valence-electron chi connectivity index (χ4n) is 1.54. The Morgan fingerprint density at radius 2 is 1.90 bits per heavy atom. The first-order valence-corrected chi connectivity index (χ1v) is 6.68. The fraction of sp³-hybridized carbons (Fsp3) is 0.467. The molecule has 2 unspecified atom stereocenters. The number of hydrogen-bond donors (Lipinski definition) is 3. The molecular weight excluding hydrogens is 272 g/mol. The van der Waals surface area contributed by atoms with Crippen molar-refractivity contribution in [3.8, 4) is 0 Å². The largest absolute Gasteiger partial charge is 0.380 e. The summed E-state index contributed by atoms with van der Waals surface area (Å²) in [6.45, 7) is 9.84. The van der Waals surface area contributed by atoms with E-state index in [2.05, 4.69) is 6.58 Å². The number of rotatable bonds is 8. The molecule has 6 heteroatoms. The zero-order valence-corrected chi connectivity index (χ0v) is 12.7. The predicted molar refractivity (Wildman–Crippen MR) is 81.2 cm³/mol. The van der Waals surface area contributed by atoms with E-state index in [0.717, 1.165) is 5.57 Å². The van der Waals surface area contributed by atoms with Crippen LogP contribution in [0.1, 0.15) is 20.8 Å². The van der Waals surface area contributed by atoms with Gasteiger partial charge < -0.3 is 20.8 Å². The van der Waals surface area contributed by atoms with Crippen molar-refractivity contribution in [1.82, 2.24) is 4.90 Å². The summed E-state index contributed by atoms with van der Waals surface area (Å²) in [5.74, 6) is -1.90. The van der Waals surface area contributed by atoms with E-state index in [0.29, 0.717) is 12.1 Å². The van der Waals surface area contributed by atoms with E-state index in [1.165, 1.54) is 4.90 Å². The molecule has 0 aliphatic heterocycles. The number of amides is 2. The molecule has 0 spiro atoms. The first kappa shape index (κ1) is 19.1. The van der Waals surface area contributed by atoms with E-state index in [1.54, 1.807) is 6.92 Å². The maximum atomic E-state index is 12.0. The number of aliphatic hydroxyl groups excluding tert-OH is 2. The van der Waals surface area contributed by atoms with Crippen LogP contribution >= 0.6 is 0 Å². The molecule has 0 aromatic heterocycles. The average Bonchev–Trinajstić information content (AvgIpc) is 2.47. The molecule has 0 aliphatic carbocycles. The number of carbonyl (C=O) groups is 2. The number of hydrogen-bond acceptors (Lipinski definition) is 4. The molecule has 0 aromatic carbocycles. The lowest BCUT2D eigenvalue weighted by atomic mass is 10.1. The minimum Gasteiger partial charge on any atom is -0.380 e. The van der Waals surface area contributed by atoms with Crippen LogP contribution in [0.25, 0.3) is 0 Å². The van der Waals surface area contributed by atoms with Gasteiger partial charge in [0.1, 0.15) is 0 Å². The number of likely N-dealkylation sites (N-methyl/N-ethyl adjacent to an activating group) is 1. The van der Waals surface area contributed by atoms with Crippen molar-refractivity contribution in [3.63, 3.8) is 0 Å². The smallest absolute Gasteiger partial charge is 0.254 e. The van der Waals surface area contributed by atoms with Gasteiger partial charge in [0.25, 0.3) is 5.91 Å². The maximum absolute atomic E-state index is 12.0. The second kappa shape index (κ2) is 9.10. The number of nitrogens with zero attached hydrogens (tertiary/aromatic N) is 1. The Bertz CT molecular complexity index is 455. The minimum atomic E-state index is -1.92. The molecule has 118 valence electrons. The van der Waals surface area contributed by atoms with Gasteiger partial charge in [-0.05, 0) is 31.9 Å². The number of allylic oxidation sites excluding steroid dienone is 3. The molecule has 2 amide bonds. The van der Waals surface area contributed by atoms with Crippen LogP contribution in [0.3, 0.4) is 0 Å². The highest BCUT2D eigenvalue weighted by Gasteiger charge is 2.31. The first-order chi connectivity index (χ1) is 9.76. The van der Waals surface area contributed by atoms with Crippen LogP contribution in [0.5, 0.6) is 0 Å². The van der Waals surface area contributed by atoms with E-state index in [-0.39, 0.29) is 6.54 Å². The summed E-state index contributed by atoms with van der Waals surface area (Å²) in [5, 5.41) is 19.0. The van der Waals surface area contributed by atoms with Crippen molar-refractivity contribution in [1.29, 1.82) is 0 Å². The van der Waals surface area contributed by atoms with Gasteiger partial charge in [0.15, 0.2) is 12.2 Å². The lowest BCUT2D eigenvalue weighted by Gasteiger charge is -2.26. The molecule has 0 radical (unpaired) electrons. The van der Waals surface area contributed by atoms with Gasteiger partial charge in [-0.3, -0.25) is 9.59 Å². The molecule has 2 atom stereocenters. The molecule has 0 saturated heterocycles. The van der Waals surface area contributed by atoms with Gasteiger partial charge in [-0.15, -0.1) is 0 Å². The number of primary amides is 1. The van der Waals surface area contributed by atoms with Crippen molar-refractivity contribution in [3.05, 3.63) is 36.0 Å². The van der Waals surface area contributed by atoms with Crippen molar-refractivity contribution in [2.24, 2.45) is 5.73 Å². The van der Waals surface area contributed by atoms with E-state index in [1.807, 2.05) is 32.1 Å². The molecule has 6 nitrogen and oxygen atoms in total. The Hall–Kier alpha value is -1.92. The van der Waals surface area contributed by atoms with Crippen molar-refractivity contribution in [2.45, 2.75) is 33.0 Å². The highest BCUT2D eigenvalue weighted by atomic mass is 16.3. The second-order valence-corrected chi connectivity index (χ2v) is 4.62. The third-order valence-corrected chi connectivity index (χ3v) is 3.02. The monoisotopic (exact) mass is 296 g/mol. The third-order valence-electron chi connectivity index (χ3n) is 3.02. The van der Waals surface area contributed by atoms with Gasteiger partial charge in [-0.1, -0.05) is 24.8 Å². The molecule has 0 aliphatic rings. The highest BCUT2D eigenvalue weighted by Crippen LogP contribution is 2.11. The van der Waals surface area contributed by atoms with Crippen LogP contribution in [-0.4, -0.2) is 52.2 Å². The van der Waals surface area contributed by atoms with Gasteiger partial charge in [-0.2, -0.15) is 0 Å². The van der Waals surface area contributed by atoms with Gasteiger partial charge in [0, 0.05) is 13.1 Å². The molecule has 0 bridgehead atoms. The van der Waals surface area contributed by atoms with Gasteiger partial charge in [0.2, 0.25) is 5.91 Å². The number of carbonyl (C=O) groups excluding carboxylic acids is 2. The summed E-state index contributed by atoms with van der Waals surface area (Å²) in [5.41, 5.74) is 6.46. The summed E-state index contributed by atoms with van der Waals surface area (Å²) < 4.78 is 0. The standard InChI is InChI=1S/C15H24N2O4/c1-5-7-8-10(3)11(4)9-17(6-2)15(21)13(19)12(18)14(16)20/h5,7-8,12-13,18-19H,4,6,9H2,1-3H3,(H2,16,20)/b7-5-,10-8-. The first-order valence-electron chi connectivity index (χ1n) is 6.68. The molecule has 4 N–H and O–H groups in total. The Balaban J connectivity index is 4.90. The van der Waals surface area contributed by atoms with Crippen LogP contribution in [0.2, 0.25) is 0 Å². The van der Waals surface area contributed by atoms with Crippen molar-refractivity contribution >= 4 is 11.8 Å². The van der Waals surface area contributed by atoms with Crippen LogP contribution < -0.4 is 5.73 Å². The molecule has 0 aromatic rings.